The van der Waals surface area contributed by atoms with Crippen LogP contribution in [0.3, 0.4) is 0 Å². The molecule has 0 bridgehead atoms. The summed E-state index contributed by atoms with van der Waals surface area (Å²) in [5.41, 5.74) is 7.26. The second-order valence-electron chi connectivity index (χ2n) is 9.41. The van der Waals surface area contributed by atoms with Gasteiger partial charge < -0.3 is 20.4 Å². The summed E-state index contributed by atoms with van der Waals surface area (Å²) in [7, 11) is -1.28. The number of carbonyl (C=O) groups is 1. The molecule has 0 saturated carbocycles. The van der Waals surface area contributed by atoms with E-state index < -0.39 is 16.1 Å². The molecule has 1 saturated heterocycles. The van der Waals surface area contributed by atoms with Crippen LogP contribution in [-0.4, -0.2) is 57.4 Å². The number of nitrogens with one attached hydrogen (secondary N) is 1. The Morgan fingerprint density at radius 1 is 1.35 bits per heavy atom. The van der Waals surface area contributed by atoms with Crippen molar-refractivity contribution in [1.29, 1.82) is 0 Å². The van der Waals surface area contributed by atoms with Gasteiger partial charge in [0, 0.05) is 45.5 Å². The van der Waals surface area contributed by atoms with Crippen LogP contribution in [-0.2, 0) is 31.7 Å². The lowest BCUT2D eigenvalue weighted by atomic mass is 9.94. The van der Waals surface area contributed by atoms with Crippen molar-refractivity contribution in [3.8, 4) is 0 Å². The zero-order chi connectivity index (χ0) is 25.1. The standard InChI is InChI=1S/C23H34N6O4S/c1-23(2,3)22-27-19-12-18(6-7-20(19)29(22)15-16-8-10-33-11-9-16)28(5)34(31,32)26-14-17(13-24)21(30)25-4/h6-7,12-14,16H,8-11,15,24H2,1-5H3,(H,25,30). The Hall–Kier alpha value is -2.92. The van der Waals surface area contributed by atoms with Crippen molar-refractivity contribution >= 4 is 39.1 Å². The average Bonchev–Trinajstić information content (AvgIpc) is 3.17. The Morgan fingerprint density at radius 2 is 2.03 bits per heavy atom. The van der Waals surface area contributed by atoms with Crippen molar-refractivity contribution in [1.82, 2.24) is 14.9 Å². The minimum absolute atomic E-state index is 0.0587. The Labute approximate surface area is 201 Å². The SMILES string of the molecule is CNC(=O)C(C=NS(=O)(=O)N(C)c1ccc2c(c1)nc(C(C)(C)C)n2CC1CCOCC1)=CN. The van der Waals surface area contributed by atoms with Gasteiger partial charge >= 0.3 is 10.2 Å². The summed E-state index contributed by atoms with van der Waals surface area (Å²) < 4.78 is 38.0. The number of hydrogen-bond donors (Lipinski definition) is 2. The van der Waals surface area contributed by atoms with Gasteiger partial charge in [-0.15, -0.1) is 0 Å². The van der Waals surface area contributed by atoms with E-state index in [4.69, 9.17) is 15.5 Å². The van der Waals surface area contributed by atoms with E-state index in [9.17, 15) is 13.2 Å². The number of imidazole rings is 1. The largest absolute Gasteiger partial charge is 0.404 e. The van der Waals surface area contributed by atoms with E-state index in [1.165, 1.54) is 14.1 Å². The van der Waals surface area contributed by atoms with Crippen molar-refractivity contribution in [2.75, 3.05) is 31.6 Å². The van der Waals surface area contributed by atoms with Crippen LogP contribution in [0.2, 0.25) is 0 Å². The van der Waals surface area contributed by atoms with Crippen LogP contribution < -0.4 is 15.4 Å². The lowest BCUT2D eigenvalue weighted by Crippen LogP contribution is -2.26. The Balaban J connectivity index is 1.96. The number of hydrogen-bond acceptors (Lipinski definition) is 6. The molecule has 2 heterocycles. The summed E-state index contributed by atoms with van der Waals surface area (Å²) in [4.78, 5) is 16.6. The van der Waals surface area contributed by atoms with Gasteiger partial charge in [0.15, 0.2) is 0 Å². The van der Waals surface area contributed by atoms with Gasteiger partial charge in [-0.3, -0.25) is 9.10 Å². The molecule has 11 heteroatoms. The molecule has 3 rings (SSSR count). The summed E-state index contributed by atoms with van der Waals surface area (Å²) in [6.45, 7) is 8.76. The van der Waals surface area contributed by atoms with Crippen LogP contribution in [0.5, 0.6) is 0 Å². The maximum Gasteiger partial charge on any atom is 0.344 e. The number of likely N-dealkylation sites (N-methyl/N-ethyl adjacent to an activating group) is 1. The molecule has 1 fully saturated rings. The number of nitrogens with two attached hydrogens (primary N) is 1. The Morgan fingerprint density at radius 3 is 2.62 bits per heavy atom. The maximum atomic E-state index is 12.8. The number of amides is 1. The highest BCUT2D eigenvalue weighted by atomic mass is 32.2. The number of benzene rings is 1. The van der Waals surface area contributed by atoms with E-state index in [1.807, 2.05) is 6.07 Å². The van der Waals surface area contributed by atoms with Gasteiger partial charge in [0.25, 0.3) is 5.91 Å². The molecular formula is C23H34N6O4S. The van der Waals surface area contributed by atoms with Crippen molar-refractivity contribution in [2.24, 2.45) is 16.0 Å². The summed E-state index contributed by atoms with van der Waals surface area (Å²) >= 11 is 0. The Bertz CT molecular complexity index is 1200. The first kappa shape index (κ1) is 25.7. The highest BCUT2D eigenvalue weighted by molar-refractivity contribution is 7.91. The van der Waals surface area contributed by atoms with Crippen molar-refractivity contribution in [3.05, 3.63) is 35.8 Å². The van der Waals surface area contributed by atoms with Crippen LogP contribution in [0.4, 0.5) is 5.69 Å². The van der Waals surface area contributed by atoms with Gasteiger partial charge in [-0.05, 0) is 37.0 Å². The molecule has 3 N–H and O–H groups in total. The molecule has 34 heavy (non-hydrogen) atoms. The number of aromatic nitrogens is 2. The van der Waals surface area contributed by atoms with Gasteiger partial charge in [-0.1, -0.05) is 20.8 Å². The lowest BCUT2D eigenvalue weighted by molar-refractivity contribution is -0.116. The molecule has 186 valence electrons. The minimum Gasteiger partial charge on any atom is -0.404 e. The molecule has 10 nitrogen and oxygen atoms in total. The zero-order valence-corrected chi connectivity index (χ0v) is 21.2. The topological polar surface area (TPSA) is 132 Å². The highest BCUT2D eigenvalue weighted by Crippen LogP contribution is 2.31. The first-order valence-electron chi connectivity index (χ1n) is 11.2. The maximum absolute atomic E-state index is 12.8. The number of nitrogens with zero attached hydrogens (tertiary/aromatic N) is 4. The van der Waals surface area contributed by atoms with Gasteiger partial charge in [0.05, 0.1) is 28.5 Å². The smallest absolute Gasteiger partial charge is 0.344 e. The normalized spacial score (nSPS) is 16.3. The van der Waals surface area contributed by atoms with E-state index in [1.54, 1.807) is 12.1 Å². The minimum atomic E-state index is -4.11. The molecule has 0 radical (unpaired) electrons. The van der Waals surface area contributed by atoms with Crippen LogP contribution in [0.25, 0.3) is 11.0 Å². The van der Waals surface area contributed by atoms with Crippen LogP contribution in [0.1, 0.15) is 39.4 Å². The first-order chi connectivity index (χ1) is 16.0. The fourth-order valence-electron chi connectivity index (χ4n) is 3.91. The average molecular weight is 491 g/mol. The molecule has 0 atom stereocenters. The summed E-state index contributed by atoms with van der Waals surface area (Å²) in [6, 6.07) is 5.39. The lowest BCUT2D eigenvalue weighted by Gasteiger charge is -2.26. The molecule has 0 aliphatic carbocycles. The number of fused-ring (bicyclic) bond motifs is 1. The molecule has 0 unspecified atom stereocenters. The number of anilines is 1. The number of rotatable bonds is 7. The van der Waals surface area contributed by atoms with Crippen LogP contribution >= 0.6 is 0 Å². The monoisotopic (exact) mass is 490 g/mol. The van der Waals surface area contributed by atoms with Gasteiger partial charge in [0.1, 0.15) is 5.82 Å². The number of carbonyl (C=O) groups excluding carboxylic acids is 1. The first-order valence-corrected chi connectivity index (χ1v) is 12.6. The molecule has 1 amide bonds. The summed E-state index contributed by atoms with van der Waals surface area (Å²) in [5, 5.41) is 2.38. The third-order valence-electron chi connectivity index (χ3n) is 5.89. The quantitative estimate of drug-likeness (QED) is 0.451. The number of ether oxygens (including phenoxy) is 1. The fraction of sp³-hybridized carbons (Fsp3) is 0.522. The molecular weight excluding hydrogens is 456 g/mol. The van der Waals surface area contributed by atoms with Gasteiger partial charge in [-0.2, -0.15) is 12.8 Å². The second-order valence-corrected chi connectivity index (χ2v) is 11.1. The van der Waals surface area contributed by atoms with Crippen LogP contribution in [0, 0.1) is 5.92 Å². The van der Waals surface area contributed by atoms with E-state index >= 15 is 0 Å². The predicted octanol–water partition coefficient (Wildman–Crippen LogP) is 2.10. The fourth-order valence-corrected chi connectivity index (χ4v) is 4.68. The Kier molecular flexibility index (Phi) is 7.67. The van der Waals surface area contributed by atoms with Gasteiger partial charge in [0.2, 0.25) is 0 Å². The predicted molar refractivity (Wildman–Crippen MR) is 134 cm³/mol. The molecule has 0 spiro atoms. The molecule has 2 aromatic rings. The van der Waals surface area contributed by atoms with Gasteiger partial charge in [-0.25, -0.2) is 4.98 Å². The second kappa shape index (κ2) is 10.1. The van der Waals surface area contributed by atoms with E-state index in [0.717, 1.165) is 60.7 Å². The summed E-state index contributed by atoms with van der Waals surface area (Å²) in [6.07, 6.45) is 3.96. The van der Waals surface area contributed by atoms with Crippen molar-refractivity contribution in [2.45, 2.75) is 45.6 Å². The molecule has 1 aromatic heterocycles. The summed E-state index contributed by atoms with van der Waals surface area (Å²) in [5.74, 6) is 0.933. The molecule has 1 aliphatic rings. The van der Waals surface area contributed by atoms with E-state index in [2.05, 4.69) is 35.1 Å². The molecule has 1 aromatic carbocycles. The third-order valence-corrected chi connectivity index (χ3v) is 7.16. The van der Waals surface area contributed by atoms with Crippen molar-refractivity contribution in [3.63, 3.8) is 0 Å². The van der Waals surface area contributed by atoms with Crippen LogP contribution in [0.15, 0.2) is 34.4 Å². The zero-order valence-electron chi connectivity index (χ0n) is 20.4. The third kappa shape index (κ3) is 5.58. The van der Waals surface area contributed by atoms with E-state index in [0.29, 0.717) is 17.1 Å². The molecule has 1 aliphatic heterocycles. The van der Waals surface area contributed by atoms with Crippen molar-refractivity contribution < 1.29 is 17.9 Å². The highest BCUT2D eigenvalue weighted by Gasteiger charge is 2.26. The van der Waals surface area contributed by atoms with E-state index in [-0.39, 0.29) is 11.0 Å².